The summed E-state index contributed by atoms with van der Waals surface area (Å²) in [4.78, 5) is 30.2. The third-order valence-corrected chi connectivity index (χ3v) is 4.65. The minimum Gasteiger partial charge on any atom is -0.370 e. The van der Waals surface area contributed by atoms with Crippen molar-refractivity contribution in [3.63, 3.8) is 0 Å². The van der Waals surface area contributed by atoms with E-state index in [2.05, 4.69) is 20.5 Å². The first-order valence-electron chi connectivity index (χ1n) is 9.83. The predicted molar refractivity (Wildman–Crippen MR) is 112 cm³/mol. The molecule has 1 heterocycles. The molecule has 7 heteroatoms. The lowest BCUT2D eigenvalue weighted by molar-refractivity contribution is -0.119. The minimum absolute atomic E-state index is 0.0796. The number of nitrogens with two attached hydrogens (primary N) is 1. The average molecular weight is 388 g/mol. The second-order valence-electron chi connectivity index (χ2n) is 8.43. The molecule has 1 unspecified atom stereocenters. The summed E-state index contributed by atoms with van der Waals surface area (Å²) >= 11 is 0. The van der Waals surface area contributed by atoms with Crippen LogP contribution in [-0.4, -0.2) is 48.3 Å². The standard InChI is InChI=1S/C21H33N5O2/c1-21(2,3)25-19(28)17-9-5-7-15(11-17)13-24-20(23-4)26-10-6-8-16(14-26)12-18(22)27/h5,7,9,11,16H,6,8,10,12-14H2,1-4H3,(H2,22,27)(H,23,24)(H,25,28). The molecule has 0 bridgehead atoms. The Bertz CT molecular complexity index is 724. The number of nitrogens with zero attached hydrogens (tertiary/aromatic N) is 2. The molecule has 1 aliphatic heterocycles. The minimum atomic E-state index is -0.275. The van der Waals surface area contributed by atoms with Crippen LogP contribution < -0.4 is 16.4 Å². The Morgan fingerprint density at radius 2 is 2.07 bits per heavy atom. The van der Waals surface area contributed by atoms with Crippen LogP contribution in [0.3, 0.4) is 0 Å². The molecular weight excluding hydrogens is 354 g/mol. The van der Waals surface area contributed by atoms with Gasteiger partial charge in [0, 0.05) is 44.2 Å². The molecule has 0 saturated carbocycles. The largest absolute Gasteiger partial charge is 0.370 e. The fraction of sp³-hybridized carbons (Fsp3) is 0.571. The summed E-state index contributed by atoms with van der Waals surface area (Å²) in [6.07, 6.45) is 2.45. The number of guanidine groups is 1. The Kier molecular flexibility index (Phi) is 7.43. The number of likely N-dealkylation sites (tertiary alicyclic amines) is 1. The molecular formula is C21H33N5O2. The van der Waals surface area contributed by atoms with E-state index in [4.69, 9.17) is 5.73 Å². The smallest absolute Gasteiger partial charge is 0.251 e. The zero-order chi connectivity index (χ0) is 20.7. The predicted octanol–water partition coefficient (Wildman–Crippen LogP) is 1.88. The van der Waals surface area contributed by atoms with Crippen molar-refractivity contribution < 1.29 is 9.59 Å². The Morgan fingerprint density at radius 1 is 1.32 bits per heavy atom. The monoisotopic (exact) mass is 387 g/mol. The van der Waals surface area contributed by atoms with Gasteiger partial charge in [-0.2, -0.15) is 0 Å². The van der Waals surface area contributed by atoms with Crippen molar-refractivity contribution in [2.75, 3.05) is 20.1 Å². The van der Waals surface area contributed by atoms with Crippen LogP contribution in [0.25, 0.3) is 0 Å². The highest BCUT2D eigenvalue weighted by atomic mass is 16.2. The van der Waals surface area contributed by atoms with E-state index in [1.54, 1.807) is 7.05 Å². The van der Waals surface area contributed by atoms with E-state index in [0.29, 0.717) is 18.5 Å². The number of amides is 2. The molecule has 1 aromatic rings. The fourth-order valence-corrected chi connectivity index (χ4v) is 3.46. The number of hydrogen-bond donors (Lipinski definition) is 3. The number of piperidine rings is 1. The van der Waals surface area contributed by atoms with Gasteiger partial charge in [0.15, 0.2) is 5.96 Å². The zero-order valence-corrected chi connectivity index (χ0v) is 17.4. The molecule has 154 valence electrons. The highest BCUT2D eigenvalue weighted by Gasteiger charge is 2.23. The molecule has 1 fully saturated rings. The SMILES string of the molecule is CN=C(NCc1cccc(C(=O)NC(C)(C)C)c1)N1CCCC(CC(N)=O)C1. The van der Waals surface area contributed by atoms with E-state index < -0.39 is 0 Å². The first-order chi connectivity index (χ1) is 13.2. The molecule has 4 N–H and O–H groups in total. The Hall–Kier alpha value is -2.57. The average Bonchev–Trinajstić information content (AvgIpc) is 2.61. The van der Waals surface area contributed by atoms with E-state index in [1.807, 2.05) is 45.0 Å². The maximum atomic E-state index is 12.4. The summed E-state index contributed by atoms with van der Waals surface area (Å²) in [5.74, 6) is 0.747. The molecule has 1 aliphatic rings. The summed E-state index contributed by atoms with van der Waals surface area (Å²) in [5, 5.41) is 6.35. The van der Waals surface area contributed by atoms with Crippen LogP contribution in [0.15, 0.2) is 29.3 Å². The van der Waals surface area contributed by atoms with Gasteiger partial charge in [-0.3, -0.25) is 14.6 Å². The number of aliphatic imine (C=N–C) groups is 1. The van der Waals surface area contributed by atoms with Gasteiger partial charge in [0.2, 0.25) is 5.91 Å². The first kappa shape index (κ1) is 21.7. The lowest BCUT2D eigenvalue weighted by Crippen LogP contribution is -2.46. The quantitative estimate of drug-likeness (QED) is 0.530. The van der Waals surface area contributed by atoms with Crippen molar-refractivity contribution >= 4 is 17.8 Å². The van der Waals surface area contributed by atoms with Gasteiger partial charge in [-0.15, -0.1) is 0 Å². The van der Waals surface area contributed by atoms with Crippen molar-refractivity contribution in [2.24, 2.45) is 16.6 Å². The third kappa shape index (κ3) is 6.87. The van der Waals surface area contributed by atoms with Crippen LogP contribution in [0.5, 0.6) is 0 Å². The van der Waals surface area contributed by atoms with Crippen LogP contribution in [0.1, 0.15) is 56.0 Å². The third-order valence-electron chi connectivity index (χ3n) is 4.65. The van der Waals surface area contributed by atoms with Crippen LogP contribution in [0.4, 0.5) is 0 Å². The van der Waals surface area contributed by atoms with E-state index in [1.165, 1.54) is 0 Å². The summed E-state index contributed by atoms with van der Waals surface area (Å²) < 4.78 is 0. The Labute approximate surface area is 167 Å². The number of primary amides is 1. The molecule has 1 atom stereocenters. The molecule has 7 nitrogen and oxygen atoms in total. The van der Waals surface area contributed by atoms with Gasteiger partial charge in [-0.25, -0.2) is 0 Å². The van der Waals surface area contributed by atoms with Gasteiger partial charge < -0.3 is 21.3 Å². The summed E-state index contributed by atoms with van der Waals surface area (Å²) in [7, 11) is 1.76. The van der Waals surface area contributed by atoms with Crippen molar-refractivity contribution in [1.29, 1.82) is 0 Å². The number of nitrogens with one attached hydrogen (secondary N) is 2. The number of rotatable bonds is 5. The highest BCUT2D eigenvalue weighted by Crippen LogP contribution is 2.19. The maximum Gasteiger partial charge on any atom is 0.251 e. The number of benzene rings is 1. The lowest BCUT2D eigenvalue weighted by atomic mass is 9.95. The normalized spacial score (nSPS) is 17.9. The molecule has 0 radical (unpaired) electrons. The second-order valence-corrected chi connectivity index (χ2v) is 8.43. The number of carbonyl (C=O) groups excluding carboxylic acids is 2. The fourth-order valence-electron chi connectivity index (χ4n) is 3.46. The van der Waals surface area contributed by atoms with Crippen molar-refractivity contribution in [1.82, 2.24) is 15.5 Å². The van der Waals surface area contributed by atoms with E-state index in [-0.39, 0.29) is 23.3 Å². The van der Waals surface area contributed by atoms with Crippen molar-refractivity contribution in [2.45, 2.75) is 52.1 Å². The van der Waals surface area contributed by atoms with Crippen molar-refractivity contribution in [3.8, 4) is 0 Å². The van der Waals surface area contributed by atoms with Crippen LogP contribution in [0, 0.1) is 5.92 Å². The van der Waals surface area contributed by atoms with Gasteiger partial charge in [0.05, 0.1) is 0 Å². The van der Waals surface area contributed by atoms with Gasteiger partial charge in [0.25, 0.3) is 5.91 Å². The van der Waals surface area contributed by atoms with E-state index >= 15 is 0 Å². The summed E-state index contributed by atoms with van der Waals surface area (Å²) in [5.41, 5.74) is 6.73. The van der Waals surface area contributed by atoms with Gasteiger partial charge in [0.1, 0.15) is 0 Å². The van der Waals surface area contributed by atoms with Crippen molar-refractivity contribution in [3.05, 3.63) is 35.4 Å². The molecule has 0 aromatic heterocycles. The molecule has 28 heavy (non-hydrogen) atoms. The van der Waals surface area contributed by atoms with E-state index in [0.717, 1.165) is 37.5 Å². The summed E-state index contributed by atoms with van der Waals surface area (Å²) in [6.45, 7) is 8.14. The van der Waals surface area contributed by atoms with Crippen LogP contribution in [-0.2, 0) is 11.3 Å². The highest BCUT2D eigenvalue weighted by molar-refractivity contribution is 5.94. The summed E-state index contributed by atoms with van der Waals surface area (Å²) in [6, 6.07) is 7.59. The zero-order valence-electron chi connectivity index (χ0n) is 17.4. The maximum absolute atomic E-state index is 12.4. The van der Waals surface area contributed by atoms with Gasteiger partial charge in [-0.1, -0.05) is 12.1 Å². The lowest BCUT2D eigenvalue weighted by Gasteiger charge is -2.34. The molecule has 0 spiro atoms. The molecule has 0 aliphatic carbocycles. The van der Waals surface area contributed by atoms with Gasteiger partial charge in [-0.05, 0) is 57.2 Å². The van der Waals surface area contributed by atoms with E-state index in [9.17, 15) is 9.59 Å². The first-order valence-corrected chi connectivity index (χ1v) is 9.83. The molecule has 2 rings (SSSR count). The molecule has 1 aromatic carbocycles. The Morgan fingerprint density at radius 3 is 2.71 bits per heavy atom. The van der Waals surface area contributed by atoms with Gasteiger partial charge >= 0.3 is 0 Å². The topological polar surface area (TPSA) is 99.8 Å². The van der Waals surface area contributed by atoms with Crippen LogP contribution >= 0.6 is 0 Å². The number of carbonyl (C=O) groups is 2. The Balaban J connectivity index is 1.97. The number of hydrogen-bond acceptors (Lipinski definition) is 3. The van der Waals surface area contributed by atoms with Crippen LogP contribution in [0.2, 0.25) is 0 Å². The second kappa shape index (κ2) is 9.57. The molecule has 2 amide bonds. The molecule has 1 saturated heterocycles.